The van der Waals surface area contributed by atoms with Crippen molar-refractivity contribution in [1.29, 1.82) is 0 Å². The van der Waals surface area contributed by atoms with Crippen LogP contribution in [0.15, 0.2) is 60.7 Å². The van der Waals surface area contributed by atoms with Gasteiger partial charge in [-0.2, -0.15) is 0 Å². The summed E-state index contributed by atoms with van der Waals surface area (Å²) in [6, 6.07) is 17.1. The molecule has 0 aromatic heterocycles. The molecular formula is C22H24ClN3O2. The fraction of sp³-hybridized carbons (Fsp3) is 0.273. The maximum atomic E-state index is 12.4. The summed E-state index contributed by atoms with van der Waals surface area (Å²) in [4.78, 5) is 28.5. The third kappa shape index (κ3) is 6.22. The Morgan fingerprint density at radius 2 is 1.75 bits per heavy atom. The Hall–Kier alpha value is -2.63. The topological polar surface area (TPSA) is 52.7 Å². The zero-order valence-corrected chi connectivity index (χ0v) is 16.4. The average Bonchev–Trinajstić information content (AvgIpc) is 2.69. The van der Waals surface area contributed by atoms with E-state index in [2.05, 4.69) is 34.5 Å². The van der Waals surface area contributed by atoms with Crippen molar-refractivity contribution in [2.75, 3.05) is 38.0 Å². The average molecular weight is 398 g/mol. The summed E-state index contributed by atoms with van der Waals surface area (Å²) in [6.07, 6.45) is 4.10. The molecule has 1 aliphatic heterocycles. The van der Waals surface area contributed by atoms with Crippen molar-refractivity contribution in [1.82, 2.24) is 9.80 Å². The second-order valence-corrected chi connectivity index (χ2v) is 7.17. The summed E-state index contributed by atoms with van der Waals surface area (Å²) in [7, 11) is 0. The number of carbonyl (C=O) groups excluding carboxylic acids is 2. The lowest BCUT2D eigenvalue weighted by atomic mass is 10.2. The first-order valence-electron chi connectivity index (χ1n) is 9.37. The number of hydrogen-bond acceptors (Lipinski definition) is 3. The molecule has 0 saturated carbocycles. The molecule has 3 rings (SSSR count). The SMILES string of the molecule is O=C(CC(=O)N1CCN(C/C=C/c2ccccc2)CC1)Nc1cccc(Cl)c1. The van der Waals surface area contributed by atoms with Crippen LogP contribution in [0.2, 0.25) is 5.02 Å². The van der Waals surface area contributed by atoms with E-state index in [1.807, 2.05) is 18.2 Å². The number of hydrogen-bond donors (Lipinski definition) is 1. The van der Waals surface area contributed by atoms with Crippen molar-refractivity contribution in [3.05, 3.63) is 71.3 Å². The second-order valence-electron chi connectivity index (χ2n) is 6.73. The van der Waals surface area contributed by atoms with Crippen molar-refractivity contribution in [3.63, 3.8) is 0 Å². The Kier molecular flexibility index (Phi) is 7.23. The smallest absolute Gasteiger partial charge is 0.233 e. The first kappa shape index (κ1) is 20.1. The monoisotopic (exact) mass is 397 g/mol. The van der Waals surface area contributed by atoms with Crippen LogP contribution in [-0.4, -0.2) is 54.3 Å². The standard InChI is InChI=1S/C22H24ClN3O2/c23-19-9-4-10-20(16-19)24-21(27)17-22(28)26-14-12-25(13-15-26)11-5-8-18-6-2-1-3-7-18/h1-10,16H,11-15,17H2,(H,24,27)/b8-5+. The molecule has 0 atom stereocenters. The molecule has 1 saturated heterocycles. The van der Waals surface area contributed by atoms with Gasteiger partial charge in [-0.3, -0.25) is 14.5 Å². The van der Waals surface area contributed by atoms with E-state index in [0.717, 1.165) is 19.6 Å². The summed E-state index contributed by atoms with van der Waals surface area (Å²) in [5, 5.41) is 3.26. The third-order valence-electron chi connectivity index (χ3n) is 4.62. The lowest BCUT2D eigenvalue weighted by molar-refractivity contribution is -0.136. The van der Waals surface area contributed by atoms with Crippen molar-refractivity contribution in [3.8, 4) is 0 Å². The van der Waals surface area contributed by atoms with Gasteiger partial charge < -0.3 is 10.2 Å². The zero-order chi connectivity index (χ0) is 19.8. The van der Waals surface area contributed by atoms with E-state index in [1.54, 1.807) is 29.2 Å². The molecule has 28 heavy (non-hydrogen) atoms. The Labute approximate surface area is 170 Å². The van der Waals surface area contributed by atoms with Gasteiger partial charge >= 0.3 is 0 Å². The van der Waals surface area contributed by atoms with Gasteiger partial charge in [0.15, 0.2) is 0 Å². The molecule has 1 N–H and O–H groups in total. The van der Waals surface area contributed by atoms with Crippen molar-refractivity contribution in [2.24, 2.45) is 0 Å². The fourth-order valence-corrected chi connectivity index (χ4v) is 3.29. The Bertz CT molecular complexity index is 831. The molecule has 0 unspecified atom stereocenters. The normalized spacial score (nSPS) is 15.0. The lowest BCUT2D eigenvalue weighted by Gasteiger charge is -2.34. The Morgan fingerprint density at radius 3 is 2.46 bits per heavy atom. The number of nitrogens with zero attached hydrogens (tertiary/aromatic N) is 2. The summed E-state index contributed by atoms with van der Waals surface area (Å²) in [5.74, 6) is -0.459. The number of carbonyl (C=O) groups is 2. The van der Waals surface area contributed by atoms with Crippen LogP contribution in [-0.2, 0) is 9.59 Å². The molecule has 0 bridgehead atoms. The van der Waals surface area contributed by atoms with E-state index < -0.39 is 0 Å². The molecule has 2 amide bonds. The van der Waals surface area contributed by atoms with Crippen LogP contribution in [0.25, 0.3) is 6.08 Å². The number of anilines is 1. The molecule has 0 aliphatic carbocycles. The summed E-state index contributed by atoms with van der Waals surface area (Å²) in [5.41, 5.74) is 1.78. The molecule has 5 nitrogen and oxygen atoms in total. The second kappa shape index (κ2) is 10.1. The summed E-state index contributed by atoms with van der Waals surface area (Å²) < 4.78 is 0. The van der Waals surface area contributed by atoms with Crippen LogP contribution in [0.3, 0.4) is 0 Å². The maximum Gasteiger partial charge on any atom is 0.233 e. The summed E-state index contributed by atoms with van der Waals surface area (Å²) in [6.45, 7) is 3.75. The minimum atomic E-state index is -0.319. The largest absolute Gasteiger partial charge is 0.340 e. The van der Waals surface area contributed by atoms with Gasteiger partial charge in [0.05, 0.1) is 0 Å². The van der Waals surface area contributed by atoms with Crippen molar-refractivity contribution in [2.45, 2.75) is 6.42 Å². The predicted molar refractivity (Wildman–Crippen MR) is 113 cm³/mol. The van der Waals surface area contributed by atoms with Crippen molar-refractivity contribution < 1.29 is 9.59 Å². The highest BCUT2D eigenvalue weighted by Gasteiger charge is 2.22. The van der Waals surface area contributed by atoms with Crippen LogP contribution in [0.5, 0.6) is 0 Å². The number of amides is 2. The molecule has 0 spiro atoms. The van der Waals surface area contributed by atoms with E-state index in [4.69, 9.17) is 11.6 Å². The van der Waals surface area contributed by atoms with Crippen LogP contribution < -0.4 is 5.32 Å². The number of halogens is 1. The minimum Gasteiger partial charge on any atom is -0.340 e. The van der Waals surface area contributed by atoms with Gasteiger partial charge in [0, 0.05) is 43.4 Å². The van der Waals surface area contributed by atoms with Gasteiger partial charge in [-0.1, -0.05) is 60.2 Å². The summed E-state index contributed by atoms with van der Waals surface area (Å²) >= 11 is 5.90. The van der Waals surface area contributed by atoms with E-state index in [9.17, 15) is 9.59 Å². The third-order valence-corrected chi connectivity index (χ3v) is 4.85. The predicted octanol–water partition coefficient (Wildman–Crippen LogP) is 3.53. The van der Waals surface area contributed by atoms with Gasteiger partial charge in [-0.05, 0) is 23.8 Å². The van der Waals surface area contributed by atoms with Gasteiger partial charge in [-0.15, -0.1) is 0 Å². The van der Waals surface area contributed by atoms with E-state index >= 15 is 0 Å². The maximum absolute atomic E-state index is 12.4. The van der Waals surface area contributed by atoms with E-state index in [1.165, 1.54) is 5.56 Å². The highest BCUT2D eigenvalue weighted by molar-refractivity contribution is 6.30. The molecule has 146 valence electrons. The quantitative estimate of drug-likeness (QED) is 0.759. The van der Waals surface area contributed by atoms with E-state index in [-0.39, 0.29) is 18.2 Å². The van der Waals surface area contributed by atoms with Gasteiger partial charge in [0.25, 0.3) is 0 Å². The molecule has 6 heteroatoms. The molecule has 0 radical (unpaired) electrons. The highest BCUT2D eigenvalue weighted by atomic mass is 35.5. The Balaban J connectivity index is 1.39. The zero-order valence-electron chi connectivity index (χ0n) is 15.7. The number of rotatable bonds is 6. The number of nitrogens with one attached hydrogen (secondary N) is 1. The molecule has 2 aromatic rings. The van der Waals surface area contributed by atoms with E-state index in [0.29, 0.717) is 23.8 Å². The first-order chi connectivity index (χ1) is 13.6. The van der Waals surface area contributed by atoms with Crippen LogP contribution in [0, 0.1) is 0 Å². The molecule has 2 aromatic carbocycles. The number of piperazine rings is 1. The Morgan fingerprint density at radius 1 is 1.00 bits per heavy atom. The fourth-order valence-electron chi connectivity index (χ4n) is 3.10. The molecule has 1 aliphatic rings. The highest BCUT2D eigenvalue weighted by Crippen LogP contribution is 2.15. The first-order valence-corrected chi connectivity index (χ1v) is 9.75. The number of benzene rings is 2. The minimum absolute atomic E-state index is 0.140. The van der Waals surface area contributed by atoms with Crippen molar-refractivity contribution >= 4 is 35.2 Å². The molecule has 1 heterocycles. The van der Waals surface area contributed by atoms with Crippen LogP contribution in [0.4, 0.5) is 5.69 Å². The lowest BCUT2D eigenvalue weighted by Crippen LogP contribution is -2.49. The molecule has 1 fully saturated rings. The van der Waals surface area contributed by atoms with Gasteiger partial charge in [0.2, 0.25) is 11.8 Å². The van der Waals surface area contributed by atoms with Gasteiger partial charge in [0.1, 0.15) is 6.42 Å². The van der Waals surface area contributed by atoms with Crippen LogP contribution in [0.1, 0.15) is 12.0 Å². The molecular weight excluding hydrogens is 374 g/mol. The van der Waals surface area contributed by atoms with Crippen LogP contribution >= 0.6 is 11.6 Å². The van der Waals surface area contributed by atoms with Gasteiger partial charge in [-0.25, -0.2) is 0 Å².